The van der Waals surface area contributed by atoms with Gasteiger partial charge in [0, 0.05) is 5.73 Å². The van der Waals surface area contributed by atoms with Crippen LogP contribution in [-0.2, 0) is 0 Å². The van der Waals surface area contributed by atoms with Crippen molar-refractivity contribution in [2.24, 2.45) is 0 Å². The molecule has 0 aliphatic heterocycles. The van der Waals surface area contributed by atoms with Crippen LogP contribution >= 0.6 is 0 Å². The SMILES string of the molecule is C=CCCCCCC(O)[Si](C)(C)C. The number of unbranched alkanes of at least 4 members (excludes halogenated alkanes) is 3. The lowest BCUT2D eigenvalue weighted by molar-refractivity contribution is 0.228. The van der Waals surface area contributed by atoms with Crippen LogP contribution in [-0.4, -0.2) is 18.9 Å². The van der Waals surface area contributed by atoms with E-state index in [2.05, 4.69) is 26.2 Å². The Balaban J connectivity index is 3.37. The standard InChI is InChI=1S/C11H24OSi/c1-5-6-7-8-9-10-11(12)13(2,3)4/h5,11-12H,1,6-10H2,2-4H3. The van der Waals surface area contributed by atoms with E-state index < -0.39 is 8.07 Å². The van der Waals surface area contributed by atoms with E-state index in [0.717, 1.165) is 12.8 Å². The molecular weight excluding hydrogens is 176 g/mol. The van der Waals surface area contributed by atoms with Gasteiger partial charge in [-0.25, -0.2) is 0 Å². The van der Waals surface area contributed by atoms with Crippen LogP contribution in [0.5, 0.6) is 0 Å². The molecule has 0 heterocycles. The lowest BCUT2D eigenvalue weighted by atomic mass is 10.1. The summed E-state index contributed by atoms with van der Waals surface area (Å²) in [5.41, 5.74) is -0.0174. The second-order valence-corrected chi connectivity index (χ2v) is 10.2. The Morgan fingerprint density at radius 1 is 1.23 bits per heavy atom. The minimum Gasteiger partial charge on any atom is -0.397 e. The molecule has 13 heavy (non-hydrogen) atoms. The molecule has 0 fully saturated rings. The van der Waals surface area contributed by atoms with Gasteiger partial charge < -0.3 is 5.11 Å². The van der Waals surface area contributed by atoms with E-state index >= 15 is 0 Å². The molecule has 0 radical (unpaired) electrons. The maximum atomic E-state index is 9.78. The predicted molar refractivity (Wildman–Crippen MR) is 62.6 cm³/mol. The Bertz CT molecular complexity index is 138. The second-order valence-electron chi connectivity index (χ2n) is 4.81. The van der Waals surface area contributed by atoms with E-state index in [1.54, 1.807) is 0 Å². The van der Waals surface area contributed by atoms with Crippen LogP contribution in [0.3, 0.4) is 0 Å². The van der Waals surface area contributed by atoms with Crippen LogP contribution < -0.4 is 0 Å². The van der Waals surface area contributed by atoms with E-state index in [1.165, 1.54) is 19.3 Å². The molecular formula is C11H24OSi. The Kier molecular flexibility index (Phi) is 6.34. The Morgan fingerprint density at radius 2 is 1.85 bits per heavy atom. The number of hydrogen-bond donors (Lipinski definition) is 1. The third kappa shape index (κ3) is 7.02. The van der Waals surface area contributed by atoms with Gasteiger partial charge in [-0.05, 0) is 19.3 Å². The molecule has 0 aromatic heterocycles. The molecule has 1 atom stereocenters. The Morgan fingerprint density at radius 3 is 2.31 bits per heavy atom. The van der Waals surface area contributed by atoms with Crippen LogP contribution in [0.4, 0.5) is 0 Å². The van der Waals surface area contributed by atoms with Crippen molar-refractivity contribution in [3.8, 4) is 0 Å². The molecule has 1 nitrogen and oxygen atoms in total. The van der Waals surface area contributed by atoms with Crippen molar-refractivity contribution in [3.05, 3.63) is 12.7 Å². The monoisotopic (exact) mass is 200 g/mol. The Labute approximate surface area is 83.9 Å². The normalized spacial score (nSPS) is 14.2. The van der Waals surface area contributed by atoms with Crippen LogP contribution in [0.25, 0.3) is 0 Å². The molecule has 0 rings (SSSR count). The summed E-state index contributed by atoms with van der Waals surface area (Å²) in [4.78, 5) is 0. The molecule has 0 saturated carbocycles. The van der Waals surface area contributed by atoms with Crippen molar-refractivity contribution in [1.82, 2.24) is 0 Å². The van der Waals surface area contributed by atoms with Gasteiger partial charge in [0.15, 0.2) is 0 Å². The zero-order valence-electron chi connectivity index (χ0n) is 9.34. The summed E-state index contributed by atoms with van der Waals surface area (Å²) in [6, 6.07) is 0. The van der Waals surface area contributed by atoms with E-state index in [9.17, 15) is 5.11 Å². The van der Waals surface area contributed by atoms with Crippen molar-refractivity contribution in [2.45, 2.75) is 57.5 Å². The highest BCUT2D eigenvalue weighted by atomic mass is 28.3. The summed E-state index contributed by atoms with van der Waals surface area (Å²) in [7, 11) is -1.29. The summed E-state index contributed by atoms with van der Waals surface area (Å²) in [6.45, 7) is 10.4. The van der Waals surface area contributed by atoms with Crippen LogP contribution in [0.15, 0.2) is 12.7 Å². The first-order valence-electron chi connectivity index (χ1n) is 5.27. The summed E-state index contributed by atoms with van der Waals surface area (Å²) in [5, 5.41) is 9.78. The van der Waals surface area contributed by atoms with E-state index in [4.69, 9.17) is 0 Å². The van der Waals surface area contributed by atoms with Gasteiger partial charge in [0.2, 0.25) is 0 Å². The van der Waals surface area contributed by atoms with Crippen molar-refractivity contribution in [3.63, 3.8) is 0 Å². The highest BCUT2D eigenvalue weighted by Crippen LogP contribution is 2.14. The van der Waals surface area contributed by atoms with Gasteiger partial charge in [0.05, 0.1) is 8.07 Å². The van der Waals surface area contributed by atoms with E-state index in [1.807, 2.05) is 6.08 Å². The first-order valence-corrected chi connectivity index (χ1v) is 8.85. The second kappa shape index (κ2) is 6.38. The number of allylic oxidation sites excluding steroid dienone is 1. The van der Waals surface area contributed by atoms with Gasteiger partial charge in [-0.15, -0.1) is 6.58 Å². The maximum absolute atomic E-state index is 9.78. The van der Waals surface area contributed by atoms with Gasteiger partial charge in [-0.1, -0.05) is 38.6 Å². The largest absolute Gasteiger partial charge is 0.397 e. The minimum atomic E-state index is -1.29. The van der Waals surface area contributed by atoms with Gasteiger partial charge in [0.1, 0.15) is 0 Å². The zero-order chi connectivity index (χ0) is 10.3. The van der Waals surface area contributed by atoms with E-state index in [0.29, 0.717) is 0 Å². The average molecular weight is 200 g/mol. The number of hydrogen-bond acceptors (Lipinski definition) is 1. The third-order valence-electron chi connectivity index (χ3n) is 2.39. The quantitative estimate of drug-likeness (QED) is 0.379. The van der Waals surface area contributed by atoms with Crippen molar-refractivity contribution in [1.29, 1.82) is 0 Å². The van der Waals surface area contributed by atoms with Gasteiger partial charge >= 0.3 is 0 Å². The molecule has 0 amide bonds. The van der Waals surface area contributed by atoms with Gasteiger partial charge in [-0.3, -0.25) is 0 Å². The predicted octanol–water partition coefficient (Wildman–Crippen LogP) is 3.36. The van der Waals surface area contributed by atoms with Crippen molar-refractivity contribution >= 4 is 8.07 Å². The van der Waals surface area contributed by atoms with E-state index in [-0.39, 0.29) is 5.73 Å². The van der Waals surface area contributed by atoms with Crippen LogP contribution in [0.2, 0.25) is 19.6 Å². The smallest absolute Gasteiger partial charge is 0.0781 e. The van der Waals surface area contributed by atoms with Crippen molar-refractivity contribution < 1.29 is 5.11 Å². The molecule has 0 aliphatic rings. The van der Waals surface area contributed by atoms with Gasteiger partial charge in [-0.2, -0.15) is 0 Å². The summed E-state index contributed by atoms with van der Waals surface area (Å²) >= 11 is 0. The number of rotatable bonds is 7. The fraction of sp³-hybridized carbons (Fsp3) is 0.818. The average Bonchev–Trinajstić information content (AvgIpc) is 2.02. The summed E-state index contributed by atoms with van der Waals surface area (Å²) in [5.74, 6) is 0. The molecule has 0 saturated heterocycles. The lowest BCUT2D eigenvalue weighted by Crippen LogP contribution is -2.37. The minimum absolute atomic E-state index is 0.0174. The van der Waals surface area contributed by atoms with Crippen LogP contribution in [0.1, 0.15) is 32.1 Å². The number of aliphatic hydroxyl groups excluding tert-OH is 1. The fourth-order valence-corrected chi connectivity index (χ4v) is 2.31. The topological polar surface area (TPSA) is 20.2 Å². The van der Waals surface area contributed by atoms with Crippen LogP contribution in [0, 0.1) is 0 Å². The molecule has 1 N–H and O–H groups in total. The molecule has 0 aromatic carbocycles. The first-order chi connectivity index (χ1) is 5.98. The Hall–Kier alpha value is -0.0831. The molecule has 0 spiro atoms. The maximum Gasteiger partial charge on any atom is 0.0781 e. The summed E-state index contributed by atoms with van der Waals surface area (Å²) < 4.78 is 0. The summed E-state index contributed by atoms with van der Waals surface area (Å²) in [6.07, 6.45) is 7.69. The third-order valence-corrected chi connectivity index (χ3v) is 4.67. The van der Waals surface area contributed by atoms with Gasteiger partial charge in [0.25, 0.3) is 0 Å². The highest BCUT2D eigenvalue weighted by molar-refractivity contribution is 6.77. The first kappa shape index (κ1) is 12.9. The lowest BCUT2D eigenvalue weighted by Gasteiger charge is -2.23. The molecule has 1 unspecified atom stereocenters. The highest BCUT2D eigenvalue weighted by Gasteiger charge is 2.23. The number of aliphatic hydroxyl groups is 1. The van der Waals surface area contributed by atoms with Crippen molar-refractivity contribution in [2.75, 3.05) is 0 Å². The molecule has 78 valence electrons. The molecule has 0 aromatic rings. The molecule has 0 bridgehead atoms. The molecule has 0 aliphatic carbocycles. The zero-order valence-corrected chi connectivity index (χ0v) is 10.3. The fourth-order valence-electron chi connectivity index (χ4n) is 1.24. The molecule has 2 heteroatoms.